The molecule has 2 rings (SSSR count). The third-order valence-corrected chi connectivity index (χ3v) is 2.53. The number of aryl methyl sites for hydroxylation is 1. The summed E-state index contributed by atoms with van der Waals surface area (Å²) in [5.41, 5.74) is 3.78. The maximum atomic E-state index is 5.59. The minimum Gasteiger partial charge on any atom is -0.334 e. The van der Waals surface area contributed by atoms with E-state index in [0.717, 1.165) is 17.9 Å². The van der Waals surface area contributed by atoms with E-state index in [9.17, 15) is 0 Å². The van der Waals surface area contributed by atoms with E-state index in [1.807, 2.05) is 18.3 Å². The molecule has 0 aromatic carbocycles. The van der Waals surface area contributed by atoms with Gasteiger partial charge in [0.25, 0.3) is 0 Å². The Morgan fingerprint density at radius 3 is 3.00 bits per heavy atom. The molecule has 0 saturated heterocycles. The predicted molar refractivity (Wildman–Crippen MR) is 61.3 cm³/mol. The first kappa shape index (κ1) is 10.8. The van der Waals surface area contributed by atoms with Gasteiger partial charge in [0.2, 0.25) is 0 Å². The van der Waals surface area contributed by atoms with Gasteiger partial charge < -0.3 is 4.57 Å². The summed E-state index contributed by atoms with van der Waals surface area (Å²) in [4.78, 5) is 8.41. The van der Waals surface area contributed by atoms with Crippen LogP contribution in [0.25, 0.3) is 0 Å². The summed E-state index contributed by atoms with van der Waals surface area (Å²) in [5.74, 6) is 6.49. The van der Waals surface area contributed by atoms with Crippen molar-refractivity contribution >= 4 is 0 Å². The second-order valence-corrected chi connectivity index (χ2v) is 3.46. The Balaban J connectivity index is 2.37. The number of hydrogen-bond donors (Lipinski definition) is 2. The highest BCUT2D eigenvalue weighted by Crippen LogP contribution is 2.18. The lowest BCUT2D eigenvalue weighted by molar-refractivity contribution is 0.559. The van der Waals surface area contributed by atoms with Crippen LogP contribution in [0.5, 0.6) is 0 Å². The summed E-state index contributed by atoms with van der Waals surface area (Å²) < 4.78 is 2.05. The van der Waals surface area contributed by atoms with Gasteiger partial charge in [-0.15, -0.1) is 0 Å². The standard InChI is InChI=1S/C11H15N5/c1-2-16-7-6-14-11(16)10(15-12)9-4-3-5-13-8-9/h3-8,10,15H,2,12H2,1H3. The van der Waals surface area contributed by atoms with E-state index >= 15 is 0 Å². The van der Waals surface area contributed by atoms with Crippen LogP contribution in [0, 0.1) is 0 Å². The molecule has 2 aromatic rings. The molecule has 16 heavy (non-hydrogen) atoms. The predicted octanol–water partition coefficient (Wildman–Crippen LogP) is 0.851. The molecule has 84 valence electrons. The molecule has 0 bridgehead atoms. The van der Waals surface area contributed by atoms with Gasteiger partial charge in [-0.2, -0.15) is 0 Å². The second kappa shape index (κ2) is 4.87. The molecular formula is C11H15N5. The molecule has 0 aliphatic rings. The van der Waals surface area contributed by atoms with E-state index in [4.69, 9.17) is 5.84 Å². The first-order valence-corrected chi connectivity index (χ1v) is 5.24. The fourth-order valence-electron chi connectivity index (χ4n) is 1.72. The minimum absolute atomic E-state index is 0.122. The largest absolute Gasteiger partial charge is 0.334 e. The molecule has 3 N–H and O–H groups in total. The zero-order chi connectivity index (χ0) is 11.4. The van der Waals surface area contributed by atoms with Gasteiger partial charge in [0.1, 0.15) is 11.9 Å². The number of hydrogen-bond acceptors (Lipinski definition) is 4. The molecule has 1 atom stereocenters. The number of nitrogens with zero attached hydrogens (tertiary/aromatic N) is 3. The summed E-state index contributed by atoms with van der Waals surface area (Å²) in [7, 11) is 0. The Hall–Kier alpha value is -1.72. The number of nitrogens with two attached hydrogens (primary N) is 1. The normalized spacial score (nSPS) is 12.6. The Morgan fingerprint density at radius 1 is 1.50 bits per heavy atom. The summed E-state index contributed by atoms with van der Waals surface area (Å²) >= 11 is 0. The van der Waals surface area contributed by atoms with Gasteiger partial charge in [-0.3, -0.25) is 10.8 Å². The van der Waals surface area contributed by atoms with Crippen molar-refractivity contribution in [3.8, 4) is 0 Å². The monoisotopic (exact) mass is 217 g/mol. The Kier molecular flexibility index (Phi) is 3.28. The molecule has 5 heteroatoms. The number of rotatable bonds is 4. The average Bonchev–Trinajstić information content (AvgIpc) is 2.80. The summed E-state index contributed by atoms with van der Waals surface area (Å²) in [5, 5.41) is 0. The first-order valence-electron chi connectivity index (χ1n) is 5.24. The first-order chi connectivity index (χ1) is 7.86. The molecule has 0 fully saturated rings. The molecule has 5 nitrogen and oxygen atoms in total. The van der Waals surface area contributed by atoms with Crippen LogP contribution in [-0.2, 0) is 6.54 Å². The van der Waals surface area contributed by atoms with Gasteiger partial charge in [0.15, 0.2) is 0 Å². The lowest BCUT2D eigenvalue weighted by Crippen LogP contribution is -2.31. The number of pyridine rings is 1. The summed E-state index contributed by atoms with van der Waals surface area (Å²) in [6, 6.07) is 3.74. The van der Waals surface area contributed by atoms with Gasteiger partial charge in [0, 0.05) is 31.3 Å². The molecule has 2 aromatic heterocycles. The van der Waals surface area contributed by atoms with Crippen molar-refractivity contribution < 1.29 is 0 Å². The average molecular weight is 217 g/mol. The SMILES string of the molecule is CCn1ccnc1C(NN)c1cccnc1. The van der Waals surface area contributed by atoms with Crippen LogP contribution < -0.4 is 11.3 Å². The van der Waals surface area contributed by atoms with Gasteiger partial charge in [-0.05, 0) is 18.6 Å². The van der Waals surface area contributed by atoms with Crippen molar-refractivity contribution in [2.75, 3.05) is 0 Å². The summed E-state index contributed by atoms with van der Waals surface area (Å²) in [6.07, 6.45) is 7.25. The molecule has 2 heterocycles. The molecule has 0 aliphatic heterocycles. The van der Waals surface area contributed by atoms with E-state index in [0.29, 0.717) is 0 Å². The molecule has 0 saturated carbocycles. The third kappa shape index (κ3) is 1.95. The quantitative estimate of drug-likeness (QED) is 0.588. The zero-order valence-electron chi connectivity index (χ0n) is 9.17. The van der Waals surface area contributed by atoms with Crippen LogP contribution in [-0.4, -0.2) is 14.5 Å². The number of aromatic nitrogens is 3. The van der Waals surface area contributed by atoms with E-state index in [1.54, 1.807) is 18.6 Å². The van der Waals surface area contributed by atoms with Gasteiger partial charge in [-0.1, -0.05) is 6.07 Å². The lowest BCUT2D eigenvalue weighted by Gasteiger charge is -2.16. The molecule has 1 unspecified atom stereocenters. The van der Waals surface area contributed by atoms with E-state index < -0.39 is 0 Å². The minimum atomic E-state index is -0.122. The zero-order valence-corrected chi connectivity index (χ0v) is 9.17. The number of imidazole rings is 1. The van der Waals surface area contributed by atoms with Crippen LogP contribution in [0.1, 0.15) is 24.4 Å². The van der Waals surface area contributed by atoms with Gasteiger partial charge >= 0.3 is 0 Å². The highest BCUT2D eigenvalue weighted by Gasteiger charge is 2.16. The molecule has 0 aliphatic carbocycles. The fourth-order valence-corrected chi connectivity index (χ4v) is 1.72. The second-order valence-electron chi connectivity index (χ2n) is 3.46. The van der Waals surface area contributed by atoms with Crippen molar-refractivity contribution in [3.63, 3.8) is 0 Å². The van der Waals surface area contributed by atoms with E-state index in [1.165, 1.54) is 0 Å². The molecular weight excluding hydrogens is 202 g/mol. The molecule has 0 radical (unpaired) electrons. The highest BCUT2D eigenvalue weighted by molar-refractivity contribution is 5.21. The van der Waals surface area contributed by atoms with Crippen LogP contribution >= 0.6 is 0 Å². The van der Waals surface area contributed by atoms with Crippen LogP contribution in [0.2, 0.25) is 0 Å². The molecule has 0 spiro atoms. The van der Waals surface area contributed by atoms with Crippen molar-refractivity contribution in [3.05, 3.63) is 48.3 Å². The Labute approximate surface area is 94.3 Å². The summed E-state index contributed by atoms with van der Waals surface area (Å²) in [6.45, 7) is 2.94. The number of nitrogens with one attached hydrogen (secondary N) is 1. The maximum Gasteiger partial charge on any atom is 0.131 e. The Morgan fingerprint density at radius 2 is 2.38 bits per heavy atom. The van der Waals surface area contributed by atoms with Crippen molar-refractivity contribution in [1.29, 1.82) is 0 Å². The number of hydrazine groups is 1. The van der Waals surface area contributed by atoms with Gasteiger partial charge in [-0.25, -0.2) is 10.4 Å². The van der Waals surface area contributed by atoms with E-state index in [2.05, 4.69) is 26.9 Å². The maximum absolute atomic E-state index is 5.59. The van der Waals surface area contributed by atoms with Crippen molar-refractivity contribution in [2.24, 2.45) is 5.84 Å². The smallest absolute Gasteiger partial charge is 0.131 e. The van der Waals surface area contributed by atoms with E-state index in [-0.39, 0.29) is 6.04 Å². The topological polar surface area (TPSA) is 68.8 Å². The fraction of sp³-hybridized carbons (Fsp3) is 0.273. The van der Waals surface area contributed by atoms with Crippen molar-refractivity contribution in [1.82, 2.24) is 20.0 Å². The van der Waals surface area contributed by atoms with Crippen LogP contribution in [0.4, 0.5) is 0 Å². The van der Waals surface area contributed by atoms with Crippen LogP contribution in [0.15, 0.2) is 36.9 Å². The Bertz CT molecular complexity index is 437. The highest BCUT2D eigenvalue weighted by atomic mass is 15.3. The van der Waals surface area contributed by atoms with Crippen molar-refractivity contribution in [2.45, 2.75) is 19.5 Å². The third-order valence-electron chi connectivity index (χ3n) is 2.53. The molecule has 0 amide bonds. The lowest BCUT2D eigenvalue weighted by atomic mass is 10.1. The van der Waals surface area contributed by atoms with Crippen LogP contribution in [0.3, 0.4) is 0 Å². The van der Waals surface area contributed by atoms with Gasteiger partial charge in [0.05, 0.1) is 0 Å².